The van der Waals surface area contributed by atoms with Gasteiger partial charge in [-0.25, -0.2) is 4.98 Å². The molecule has 0 spiro atoms. The molecular weight excluding hydrogens is 208 g/mol. The van der Waals surface area contributed by atoms with Crippen molar-refractivity contribution in [3.05, 3.63) is 11.6 Å². The summed E-state index contributed by atoms with van der Waals surface area (Å²) >= 11 is 2.01. The lowest BCUT2D eigenvalue weighted by Gasteiger charge is -2.21. The molecule has 4 nitrogen and oxygen atoms in total. The number of aromatic amines is 1. The minimum Gasteiger partial charge on any atom is -0.312 e. The molecule has 1 saturated heterocycles. The average Bonchev–Trinajstić information content (AvgIpc) is 2.68. The molecule has 15 heavy (non-hydrogen) atoms. The number of hydrogen-bond donors (Lipinski definition) is 2. The Hall–Kier alpha value is -0.550. The third-order valence-corrected chi connectivity index (χ3v) is 3.62. The van der Waals surface area contributed by atoms with Gasteiger partial charge in [-0.05, 0) is 6.42 Å². The van der Waals surface area contributed by atoms with Gasteiger partial charge in [0.25, 0.3) is 0 Å². The molecule has 1 aliphatic rings. The first-order chi connectivity index (χ1) is 7.38. The minimum atomic E-state index is 0.561. The Morgan fingerprint density at radius 2 is 2.47 bits per heavy atom. The lowest BCUT2D eigenvalue weighted by molar-refractivity contribution is 0.551. The van der Waals surface area contributed by atoms with E-state index in [2.05, 4.69) is 27.4 Å². The zero-order valence-corrected chi connectivity index (χ0v) is 9.94. The van der Waals surface area contributed by atoms with Crippen LogP contribution in [0.2, 0.25) is 0 Å². The molecule has 84 valence electrons. The van der Waals surface area contributed by atoms with Crippen LogP contribution < -0.4 is 5.32 Å². The molecule has 0 aromatic carbocycles. The molecule has 1 unspecified atom stereocenters. The van der Waals surface area contributed by atoms with Crippen molar-refractivity contribution in [2.24, 2.45) is 0 Å². The highest BCUT2D eigenvalue weighted by atomic mass is 32.2. The van der Waals surface area contributed by atoms with Gasteiger partial charge in [0.2, 0.25) is 0 Å². The van der Waals surface area contributed by atoms with Crippen LogP contribution in [0.4, 0.5) is 0 Å². The van der Waals surface area contributed by atoms with Crippen LogP contribution in [0.3, 0.4) is 0 Å². The number of rotatable bonds is 4. The van der Waals surface area contributed by atoms with Crippen molar-refractivity contribution in [1.29, 1.82) is 0 Å². The molecule has 2 N–H and O–H groups in total. The van der Waals surface area contributed by atoms with Gasteiger partial charge in [-0.1, -0.05) is 6.92 Å². The van der Waals surface area contributed by atoms with Crippen molar-refractivity contribution < 1.29 is 0 Å². The molecule has 1 aliphatic heterocycles. The highest BCUT2D eigenvalue weighted by Gasteiger charge is 2.15. The summed E-state index contributed by atoms with van der Waals surface area (Å²) in [6.07, 6.45) is 3.06. The van der Waals surface area contributed by atoms with Crippen LogP contribution in [0.25, 0.3) is 0 Å². The van der Waals surface area contributed by atoms with Crippen molar-refractivity contribution in [2.45, 2.75) is 32.2 Å². The van der Waals surface area contributed by atoms with Crippen molar-refractivity contribution in [2.75, 3.05) is 18.1 Å². The number of aryl methyl sites for hydroxylation is 1. The Balaban J connectivity index is 1.86. The van der Waals surface area contributed by atoms with Crippen LogP contribution in [-0.2, 0) is 12.8 Å². The fraction of sp³-hybridized carbons (Fsp3) is 0.800. The van der Waals surface area contributed by atoms with Crippen LogP contribution in [0.1, 0.15) is 25.0 Å². The average molecular weight is 226 g/mol. The standard InChI is InChI=1S/C10H18N4S/c1-2-3-9-12-10(14-13-9)6-8-7-15-5-4-11-8/h8,11H,2-7H2,1H3,(H,12,13,14). The van der Waals surface area contributed by atoms with Crippen LogP contribution in [-0.4, -0.2) is 39.3 Å². The SMILES string of the molecule is CCCc1n[nH]c(CC2CSCCN2)n1. The molecule has 1 atom stereocenters. The normalized spacial score (nSPS) is 21.8. The van der Waals surface area contributed by atoms with Crippen LogP contribution >= 0.6 is 11.8 Å². The third kappa shape index (κ3) is 3.21. The van der Waals surface area contributed by atoms with E-state index in [1.165, 1.54) is 11.5 Å². The molecule has 0 bridgehead atoms. The second-order valence-electron chi connectivity index (χ2n) is 3.88. The summed E-state index contributed by atoms with van der Waals surface area (Å²) in [7, 11) is 0. The summed E-state index contributed by atoms with van der Waals surface area (Å²) in [6, 6.07) is 0.561. The van der Waals surface area contributed by atoms with Gasteiger partial charge in [0.15, 0.2) is 5.82 Å². The summed E-state index contributed by atoms with van der Waals surface area (Å²) in [4.78, 5) is 4.48. The first-order valence-corrected chi connectivity index (χ1v) is 6.75. The number of thioether (sulfide) groups is 1. The first-order valence-electron chi connectivity index (χ1n) is 5.59. The van der Waals surface area contributed by atoms with Crippen LogP contribution in [0, 0.1) is 0 Å². The zero-order chi connectivity index (χ0) is 10.5. The largest absolute Gasteiger partial charge is 0.312 e. The van der Waals surface area contributed by atoms with E-state index in [0.717, 1.165) is 37.5 Å². The number of H-pyrrole nitrogens is 1. The summed E-state index contributed by atoms with van der Waals surface area (Å²) in [5, 5.41) is 10.7. The van der Waals surface area contributed by atoms with Gasteiger partial charge in [0.1, 0.15) is 5.82 Å². The maximum Gasteiger partial charge on any atom is 0.150 e. The van der Waals surface area contributed by atoms with E-state index >= 15 is 0 Å². The Morgan fingerprint density at radius 3 is 3.20 bits per heavy atom. The Morgan fingerprint density at radius 1 is 1.53 bits per heavy atom. The molecule has 0 amide bonds. The summed E-state index contributed by atoms with van der Waals surface area (Å²) in [6.45, 7) is 3.26. The molecular formula is C10H18N4S. The van der Waals surface area contributed by atoms with Gasteiger partial charge in [0.05, 0.1) is 0 Å². The second-order valence-corrected chi connectivity index (χ2v) is 5.03. The molecule has 0 saturated carbocycles. The molecule has 0 aliphatic carbocycles. The summed E-state index contributed by atoms with van der Waals surface area (Å²) in [5.74, 6) is 4.40. The van der Waals surface area contributed by atoms with E-state index in [4.69, 9.17) is 0 Å². The lowest BCUT2D eigenvalue weighted by Crippen LogP contribution is -2.39. The van der Waals surface area contributed by atoms with E-state index in [1.54, 1.807) is 0 Å². The van der Waals surface area contributed by atoms with Crippen LogP contribution in [0.15, 0.2) is 0 Å². The minimum absolute atomic E-state index is 0.561. The zero-order valence-electron chi connectivity index (χ0n) is 9.12. The third-order valence-electron chi connectivity index (χ3n) is 2.49. The highest BCUT2D eigenvalue weighted by molar-refractivity contribution is 7.99. The van der Waals surface area contributed by atoms with E-state index in [9.17, 15) is 0 Å². The van der Waals surface area contributed by atoms with E-state index in [1.807, 2.05) is 11.8 Å². The van der Waals surface area contributed by atoms with Crippen molar-refractivity contribution in [3.63, 3.8) is 0 Å². The predicted octanol–water partition coefficient (Wildman–Crippen LogP) is 1.00. The number of nitrogens with one attached hydrogen (secondary N) is 2. The highest BCUT2D eigenvalue weighted by Crippen LogP contribution is 2.10. The molecule has 2 heterocycles. The number of hydrogen-bond acceptors (Lipinski definition) is 4. The monoisotopic (exact) mass is 226 g/mol. The molecule has 1 aromatic heterocycles. The topological polar surface area (TPSA) is 53.6 Å². The Kier molecular flexibility index (Phi) is 4.02. The number of nitrogens with zero attached hydrogens (tertiary/aromatic N) is 2. The van der Waals surface area contributed by atoms with Gasteiger partial charge in [-0.2, -0.15) is 16.9 Å². The lowest BCUT2D eigenvalue weighted by atomic mass is 10.2. The smallest absolute Gasteiger partial charge is 0.150 e. The van der Waals surface area contributed by atoms with E-state index in [-0.39, 0.29) is 0 Å². The maximum atomic E-state index is 4.48. The molecule has 0 radical (unpaired) electrons. The summed E-state index contributed by atoms with van der Waals surface area (Å²) in [5.41, 5.74) is 0. The fourth-order valence-electron chi connectivity index (χ4n) is 1.75. The Labute approximate surface area is 94.6 Å². The van der Waals surface area contributed by atoms with E-state index in [0.29, 0.717) is 6.04 Å². The molecule has 1 aromatic rings. The van der Waals surface area contributed by atoms with E-state index < -0.39 is 0 Å². The van der Waals surface area contributed by atoms with Crippen LogP contribution in [0.5, 0.6) is 0 Å². The van der Waals surface area contributed by atoms with Gasteiger partial charge in [0, 0.05) is 36.9 Å². The maximum absolute atomic E-state index is 4.48. The first kappa shape index (κ1) is 11.0. The molecule has 1 fully saturated rings. The number of aromatic nitrogens is 3. The van der Waals surface area contributed by atoms with Crippen molar-refractivity contribution in [1.82, 2.24) is 20.5 Å². The Bertz CT molecular complexity index is 293. The van der Waals surface area contributed by atoms with Gasteiger partial charge < -0.3 is 5.32 Å². The quantitative estimate of drug-likeness (QED) is 0.804. The van der Waals surface area contributed by atoms with Gasteiger partial charge in [-0.15, -0.1) is 0 Å². The second kappa shape index (κ2) is 5.51. The van der Waals surface area contributed by atoms with Crippen molar-refractivity contribution in [3.8, 4) is 0 Å². The van der Waals surface area contributed by atoms with Crippen molar-refractivity contribution >= 4 is 11.8 Å². The van der Waals surface area contributed by atoms with Gasteiger partial charge >= 0.3 is 0 Å². The molecule has 5 heteroatoms. The molecule has 2 rings (SSSR count). The summed E-state index contributed by atoms with van der Waals surface area (Å²) < 4.78 is 0. The van der Waals surface area contributed by atoms with Gasteiger partial charge in [-0.3, -0.25) is 5.10 Å². The fourth-order valence-corrected chi connectivity index (χ4v) is 2.69. The predicted molar refractivity (Wildman–Crippen MR) is 63.2 cm³/mol.